The molecule has 2 bridgehead atoms. The number of anilines is 1. The Morgan fingerprint density at radius 1 is 1.32 bits per heavy atom. The van der Waals surface area contributed by atoms with Gasteiger partial charge in [0, 0.05) is 11.8 Å². The number of aromatic nitrogens is 3. The normalized spacial score (nSPS) is 19.8. The first-order valence-electron chi connectivity index (χ1n) is 8.56. The third kappa shape index (κ3) is 3.32. The molecule has 2 aromatic heterocycles. The van der Waals surface area contributed by atoms with E-state index < -0.39 is 36.8 Å². The van der Waals surface area contributed by atoms with E-state index >= 15 is 0 Å². The van der Waals surface area contributed by atoms with Crippen LogP contribution in [-0.2, 0) is 0 Å². The summed E-state index contributed by atoms with van der Waals surface area (Å²) in [5.41, 5.74) is 0.765. The van der Waals surface area contributed by atoms with Crippen molar-refractivity contribution in [2.45, 2.75) is 25.5 Å². The lowest BCUT2D eigenvalue weighted by Crippen LogP contribution is -2.39. The Morgan fingerprint density at radius 2 is 2.14 bits per heavy atom. The van der Waals surface area contributed by atoms with E-state index in [4.69, 9.17) is 4.74 Å². The van der Waals surface area contributed by atoms with Crippen LogP contribution in [0.2, 0.25) is 0 Å². The number of fused-ring (bicyclic) bond motifs is 2. The molecule has 1 aliphatic heterocycles. The van der Waals surface area contributed by atoms with E-state index in [0.29, 0.717) is 11.4 Å². The number of nitrogens with one attached hydrogen (secondary N) is 2. The lowest BCUT2D eigenvalue weighted by Gasteiger charge is -2.23. The van der Waals surface area contributed by atoms with E-state index in [1.165, 1.54) is 22.8 Å². The molecule has 28 heavy (non-hydrogen) atoms. The molecule has 1 aromatic carbocycles. The van der Waals surface area contributed by atoms with E-state index in [1.807, 2.05) is 0 Å². The number of carbonyl (C=O) groups excluding carboxylic acids is 1. The van der Waals surface area contributed by atoms with Crippen molar-refractivity contribution in [2.75, 3.05) is 11.9 Å². The predicted octanol–water partition coefficient (Wildman–Crippen LogP) is 2.80. The van der Waals surface area contributed by atoms with Gasteiger partial charge in [0.2, 0.25) is 0 Å². The van der Waals surface area contributed by atoms with Crippen LogP contribution in [0.3, 0.4) is 0 Å². The number of alkyl halides is 2. The molecule has 1 aliphatic rings. The molecular formula is C18H16F3N5O2. The summed E-state index contributed by atoms with van der Waals surface area (Å²) >= 11 is 0. The fraction of sp³-hybridized carbons (Fsp3) is 0.278. The Bertz CT molecular complexity index is 1040. The molecule has 0 saturated carbocycles. The van der Waals surface area contributed by atoms with Crippen LogP contribution in [0.5, 0.6) is 5.75 Å². The number of amides is 1. The minimum atomic E-state index is -2.86. The van der Waals surface area contributed by atoms with E-state index in [1.54, 1.807) is 19.2 Å². The number of hydrogen-bond acceptors (Lipinski definition) is 5. The van der Waals surface area contributed by atoms with Gasteiger partial charge in [-0.1, -0.05) is 0 Å². The van der Waals surface area contributed by atoms with Gasteiger partial charge < -0.3 is 15.4 Å². The van der Waals surface area contributed by atoms with Crippen LogP contribution in [-0.4, -0.2) is 39.6 Å². The van der Waals surface area contributed by atoms with Crippen LogP contribution in [0.25, 0.3) is 5.65 Å². The van der Waals surface area contributed by atoms with Gasteiger partial charge in [-0.25, -0.2) is 22.7 Å². The van der Waals surface area contributed by atoms with Crippen LogP contribution in [0, 0.1) is 5.82 Å². The lowest BCUT2D eigenvalue weighted by atomic mass is 10.1. The third-order valence-electron chi connectivity index (χ3n) is 4.44. The second-order valence-corrected chi connectivity index (χ2v) is 6.39. The first-order chi connectivity index (χ1) is 13.4. The number of benzene rings is 1. The van der Waals surface area contributed by atoms with Crippen LogP contribution < -0.4 is 15.4 Å². The number of carbonyl (C=O) groups is 1. The molecule has 0 fully saturated rings. The SMILES string of the molecule is C[C@H]1Nc2ccn3ncc(c3n2)C(=O)NC[C@H](C(F)F)Oc2ccc(F)cc21. The van der Waals surface area contributed by atoms with Gasteiger partial charge in [0.15, 0.2) is 11.8 Å². The Kier molecular flexibility index (Phi) is 4.54. The van der Waals surface area contributed by atoms with Crippen molar-refractivity contribution in [1.29, 1.82) is 0 Å². The summed E-state index contributed by atoms with van der Waals surface area (Å²) in [6.07, 6.45) is -1.55. The first kappa shape index (κ1) is 18.1. The van der Waals surface area contributed by atoms with Crippen LogP contribution in [0.4, 0.5) is 19.0 Å². The second-order valence-electron chi connectivity index (χ2n) is 6.39. The van der Waals surface area contributed by atoms with E-state index in [9.17, 15) is 18.0 Å². The smallest absolute Gasteiger partial charge is 0.276 e. The van der Waals surface area contributed by atoms with Gasteiger partial charge in [0.1, 0.15) is 22.9 Å². The Balaban J connectivity index is 1.82. The summed E-state index contributed by atoms with van der Waals surface area (Å²) in [7, 11) is 0. The Hall–Kier alpha value is -3.30. The number of rotatable bonds is 1. The zero-order valence-electron chi connectivity index (χ0n) is 14.7. The number of hydrogen-bond donors (Lipinski definition) is 2. The molecular weight excluding hydrogens is 375 g/mol. The largest absolute Gasteiger partial charge is 0.482 e. The molecule has 0 unspecified atom stereocenters. The molecule has 7 nitrogen and oxygen atoms in total. The van der Waals surface area contributed by atoms with Crippen LogP contribution in [0.1, 0.15) is 28.9 Å². The molecule has 0 aliphatic carbocycles. The highest BCUT2D eigenvalue weighted by Crippen LogP contribution is 2.30. The molecule has 3 heterocycles. The van der Waals surface area contributed by atoms with Gasteiger partial charge in [-0.2, -0.15) is 5.10 Å². The van der Waals surface area contributed by atoms with Crippen molar-refractivity contribution in [2.24, 2.45) is 0 Å². The summed E-state index contributed by atoms with van der Waals surface area (Å²) in [6.45, 7) is 1.29. The van der Waals surface area contributed by atoms with Gasteiger partial charge in [-0.3, -0.25) is 4.79 Å². The van der Waals surface area contributed by atoms with Crippen molar-refractivity contribution in [3.8, 4) is 5.75 Å². The maximum atomic E-state index is 13.8. The van der Waals surface area contributed by atoms with Gasteiger partial charge in [-0.05, 0) is 31.2 Å². The third-order valence-corrected chi connectivity index (χ3v) is 4.44. The molecule has 146 valence electrons. The number of halogens is 3. The topological polar surface area (TPSA) is 80.5 Å². The van der Waals surface area contributed by atoms with Gasteiger partial charge in [-0.15, -0.1) is 0 Å². The minimum absolute atomic E-state index is 0.101. The van der Waals surface area contributed by atoms with Gasteiger partial charge in [0.25, 0.3) is 12.3 Å². The van der Waals surface area contributed by atoms with Crippen molar-refractivity contribution in [3.63, 3.8) is 0 Å². The zero-order valence-corrected chi connectivity index (χ0v) is 14.7. The number of nitrogens with zero attached hydrogens (tertiary/aromatic N) is 3. The Labute approximate surface area is 157 Å². The molecule has 0 spiro atoms. The summed E-state index contributed by atoms with van der Waals surface area (Å²) in [4.78, 5) is 16.8. The van der Waals surface area contributed by atoms with Crippen LogP contribution in [0.15, 0.2) is 36.7 Å². The average molecular weight is 391 g/mol. The highest BCUT2D eigenvalue weighted by Gasteiger charge is 2.27. The Morgan fingerprint density at radius 3 is 2.93 bits per heavy atom. The van der Waals surface area contributed by atoms with Crippen molar-refractivity contribution >= 4 is 17.4 Å². The summed E-state index contributed by atoms with van der Waals surface area (Å²) in [5, 5.41) is 9.55. The molecule has 3 aromatic rings. The monoisotopic (exact) mass is 391 g/mol. The molecule has 1 amide bonds. The summed E-state index contributed by atoms with van der Waals surface area (Å²) < 4.78 is 47.6. The van der Waals surface area contributed by atoms with Crippen molar-refractivity contribution in [1.82, 2.24) is 19.9 Å². The van der Waals surface area contributed by atoms with Crippen molar-refractivity contribution < 1.29 is 22.7 Å². The molecule has 0 radical (unpaired) electrons. The maximum absolute atomic E-state index is 13.8. The summed E-state index contributed by atoms with van der Waals surface area (Å²) in [5.74, 6) is -0.608. The quantitative estimate of drug-likeness (QED) is 0.667. The van der Waals surface area contributed by atoms with E-state index in [2.05, 4.69) is 20.7 Å². The average Bonchev–Trinajstić information content (AvgIpc) is 3.08. The fourth-order valence-corrected chi connectivity index (χ4v) is 3.01. The first-order valence-corrected chi connectivity index (χ1v) is 8.56. The standard InChI is InChI=1S/C18H16F3N5O2/c1-9-11-6-10(19)2-3-13(11)28-14(16(20)21)8-22-18(27)12-7-23-26-5-4-15(24-9)25-17(12)26/h2-7,9,14,16H,8H2,1H3,(H,22,27)(H,24,25)/t9-,14-/m1/s1. The highest BCUT2D eigenvalue weighted by molar-refractivity contribution is 5.99. The predicted molar refractivity (Wildman–Crippen MR) is 94.2 cm³/mol. The van der Waals surface area contributed by atoms with E-state index in [-0.39, 0.29) is 17.0 Å². The molecule has 4 rings (SSSR count). The van der Waals surface area contributed by atoms with Gasteiger partial charge >= 0.3 is 0 Å². The molecule has 0 saturated heterocycles. The molecule has 2 N–H and O–H groups in total. The lowest BCUT2D eigenvalue weighted by molar-refractivity contribution is 0.0120. The highest BCUT2D eigenvalue weighted by atomic mass is 19.3. The zero-order chi connectivity index (χ0) is 19.8. The van der Waals surface area contributed by atoms with Crippen LogP contribution >= 0.6 is 0 Å². The number of ether oxygens (including phenoxy) is 1. The second kappa shape index (κ2) is 7.02. The van der Waals surface area contributed by atoms with E-state index in [0.717, 1.165) is 6.07 Å². The fourth-order valence-electron chi connectivity index (χ4n) is 3.01. The molecule has 2 atom stereocenters. The molecule has 10 heteroatoms. The van der Waals surface area contributed by atoms with Crippen molar-refractivity contribution in [3.05, 3.63) is 53.6 Å². The van der Waals surface area contributed by atoms with Gasteiger partial charge in [0.05, 0.1) is 18.8 Å². The summed E-state index contributed by atoms with van der Waals surface area (Å²) in [6, 6.07) is 4.78. The maximum Gasteiger partial charge on any atom is 0.276 e. The minimum Gasteiger partial charge on any atom is -0.482 e.